The molecule has 0 saturated heterocycles. The van der Waals surface area contributed by atoms with Crippen LogP contribution in [0.5, 0.6) is 0 Å². The van der Waals surface area contributed by atoms with Gasteiger partial charge in [-0.15, -0.1) is 0 Å². The fraction of sp³-hybridized carbons (Fsp3) is 0.581. The van der Waals surface area contributed by atoms with Gasteiger partial charge in [-0.1, -0.05) is 72.7 Å². The number of hydrogen-bond acceptors (Lipinski definition) is 4. The molecule has 2 amide bonds. The summed E-state index contributed by atoms with van der Waals surface area (Å²) < 4.78 is 2.08. The quantitative estimate of drug-likeness (QED) is 0.445. The molecule has 1 heterocycles. The largest absolute Gasteiger partial charge is 0.350 e. The number of aryl methyl sites for hydroxylation is 1. The molecule has 0 saturated carbocycles. The van der Waals surface area contributed by atoms with E-state index in [2.05, 4.69) is 47.4 Å². The molecule has 1 aromatic heterocycles. The van der Waals surface area contributed by atoms with E-state index in [1.165, 1.54) is 6.92 Å². The van der Waals surface area contributed by atoms with E-state index in [0.717, 1.165) is 16.5 Å². The van der Waals surface area contributed by atoms with Gasteiger partial charge in [-0.25, -0.2) is 0 Å². The molecule has 2 rings (SSSR count). The van der Waals surface area contributed by atoms with Crippen LogP contribution in [0.2, 0.25) is 0 Å². The Morgan fingerprint density at radius 1 is 1.00 bits per heavy atom. The van der Waals surface area contributed by atoms with Crippen LogP contribution in [0.1, 0.15) is 67.9 Å². The summed E-state index contributed by atoms with van der Waals surface area (Å²) in [7, 11) is 5.53. The van der Waals surface area contributed by atoms with Crippen LogP contribution in [0.15, 0.2) is 42.1 Å². The molecule has 1 aromatic carbocycles. The van der Waals surface area contributed by atoms with Gasteiger partial charge in [0.05, 0.1) is 12.1 Å². The predicted octanol–water partition coefficient (Wildman–Crippen LogP) is 4.59. The standard InChI is InChI=1S/C31H48N4O3/c1-19(2)25(17-20(3)21(4)36)35(12)29(38)27(30(5,6)7)33-28(37)26(32-10)31(8,9)23-18-34(11)24-16-14-13-15-22(23)24/h13-19,25-27,32H,1-12H3,(H,33,37)/b20-17+/t25-,26-,27-/m1/s1. The Kier molecular flexibility index (Phi) is 9.76. The zero-order valence-corrected chi connectivity index (χ0v) is 25.4. The molecule has 7 heteroatoms. The molecule has 0 aliphatic heterocycles. The molecule has 0 radical (unpaired) electrons. The molecule has 210 valence electrons. The molecule has 0 unspecified atom stereocenters. The third kappa shape index (κ3) is 6.55. The van der Waals surface area contributed by atoms with E-state index >= 15 is 0 Å². The third-order valence-corrected chi connectivity index (χ3v) is 7.72. The maximum absolute atomic E-state index is 13.9. The molecule has 3 atom stereocenters. The molecule has 7 nitrogen and oxygen atoms in total. The summed E-state index contributed by atoms with van der Waals surface area (Å²) in [6.07, 6.45) is 3.94. The lowest BCUT2D eigenvalue weighted by molar-refractivity contribution is -0.140. The number of amides is 2. The van der Waals surface area contributed by atoms with Crippen molar-refractivity contribution in [1.82, 2.24) is 20.1 Å². The van der Waals surface area contributed by atoms with Gasteiger partial charge in [-0.05, 0) is 49.4 Å². The first-order valence-corrected chi connectivity index (χ1v) is 13.4. The van der Waals surface area contributed by atoms with Crippen LogP contribution in [0.4, 0.5) is 0 Å². The molecule has 38 heavy (non-hydrogen) atoms. The summed E-state index contributed by atoms with van der Waals surface area (Å²) in [5, 5.41) is 7.43. The number of carbonyl (C=O) groups is 3. The Balaban J connectivity index is 2.43. The molecule has 0 fully saturated rings. The number of benzene rings is 1. The van der Waals surface area contributed by atoms with E-state index < -0.39 is 22.9 Å². The summed E-state index contributed by atoms with van der Waals surface area (Å²) in [6, 6.07) is 6.55. The highest BCUT2D eigenvalue weighted by atomic mass is 16.2. The summed E-state index contributed by atoms with van der Waals surface area (Å²) >= 11 is 0. The van der Waals surface area contributed by atoms with Crippen LogP contribution >= 0.6 is 0 Å². The van der Waals surface area contributed by atoms with Crippen LogP contribution in [-0.2, 0) is 26.8 Å². The van der Waals surface area contributed by atoms with Gasteiger partial charge in [-0.2, -0.15) is 0 Å². The third-order valence-electron chi connectivity index (χ3n) is 7.72. The summed E-state index contributed by atoms with van der Waals surface area (Å²) in [5.74, 6) is -0.353. The first-order valence-electron chi connectivity index (χ1n) is 13.4. The lowest BCUT2D eigenvalue weighted by Gasteiger charge is -2.39. The Bertz CT molecular complexity index is 1200. The smallest absolute Gasteiger partial charge is 0.245 e. The van der Waals surface area contributed by atoms with Gasteiger partial charge >= 0.3 is 0 Å². The SMILES string of the molecule is CN[C@H](C(=O)N[C@H](C(=O)N(C)[C@H](/C=C(\C)C(C)=O)C(C)C)C(C)(C)C)C(C)(C)c1cn(C)c2ccccc12. The molecule has 0 spiro atoms. The van der Waals surface area contributed by atoms with E-state index in [9.17, 15) is 14.4 Å². The number of allylic oxidation sites excluding steroid dienone is 1. The summed E-state index contributed by atoms with van der Waals surface area (Å²) in [4.78, 5) is 41.4. The minimum Gasteiger partial charge on any atom is -0.350 e. The fourth-order valence-electron chi connectivity index (χ4n) is 5.18. The second kappa shape index (κ2) is 11.9. The Hall–Kier alpha value is -2.93. The van der Waals surface area contributed by atoms with Gasteiger partial charge in [0.2, 0.25) is 11.8 Å². The lowest BCUT2D eigenvalue weighted by atomic mass is 9.76. The number of likely N-dealkylation sites (N-methyl/N-ethyl adjacent to an activating group) is 2. The van der Waals surface area contributed by atoms with Crippen molar-refractivity contribution >= 4 is 28.5 Å². The molecular formula is C31H48N4O3. The van der Waals surface area contributed by atoms with Gasteiger partial charge in [0.15, 0.2) is 5.78 Å². The first-order chi connectivity index (χ1) is 17.4. The molecule has 2 aromatic rings. The Morgan fingerprint density at radius 3 is 2.08 bits per heavy atom. The van der Waals surface area contributed by atoms with E-state index in [4.69, 9.17) is 0 Å². The maximum atomic E-state index is 13.9. The Morgan fingerprint density at radius 2 is 1.58 bits per heavy atom. The molecule has 0 aliphatic carbocycles. The Labute approximate surface area is 229 Å². The van der Waals surface area contributed by atoms with Crippen molar-refractivity contribution in [3.05, 3.63) is 47.7 Å². The van der Waals surface area contributed by atoms with Crippen LogP contribution < -0.4 is 10.6 Å². The van der Waals surface area contributed by atoms with Gasteiger partial charge < -0.3 is 20.1 Å². The highest BCUT2D eigenvalue weighted by Gasteiger charge is 2.42. The van der Waals surface area contributed by atoms with Crippen LogP contribution in [0.25, 0.3) is 10.9 Å². The van der Waals surface area contributed by atoms with Gasteiger partial charge in [-0.3, -0.25) is 14.4 Å². The number of hydrogen-bond donors (Lipinski definition) is 2. The number of aromatic nitrogens is 1. The monoisotopic (exact) mass is 524 g/mol. The van der Waals surface area contributed by atoms with Crippen molar-refractivity contribution in [3.8, 4) is 0 Å². The average molecular weight is 525 g/mol. The predicted molar refractivity (Wildman–Crippen MR) is 156 cm³/mol. The highest BCUT2D eigenvalue weighted by Crippen LogP contribution is 2.35. The summed E-state index contributed by atoms with van der Waals surface area (Å²) in [5.41, 5.74) is 1.67. The number of carbonyl (C=O) groups excluding carboxylic acids is 3. The van der Waals surface area contributed by atoms with Crippen molar-refractivity contribution < 1.29 is 14.4 Å². The number of fused-ring (bicyclic) bond motifs is 1. The average Bonchev–Trinajstić information content (AvgIpc) is 3.16. The second-order valence-corrected chi connectivity index (χ2v) is 12.5. The number of nitrogens with one attached hydrogen (secondary N) is 2. The van der Waals surface area contributed by atoms with Crippen LogP contribution in [-0.4, -0.2) is 59.3 Å². The maximum Gasteiger partial charge on any atom is 0.245 e. The van der Waals surface area contributed by atoms with Gasteiger partial charge in [0, 0.05) is 36.6 Å². The molecule has 0 aliphatic rings. The van der Waals surface area contributed by atoms with Crippen LogP contribution in [0, 0.1) is 11.3 Å². The van der Waals surface area contributed by atoms with Crippen LogP contribution in [0.3, 0.4) is 0 Å². The summed E-state index contributed by atoms with van der Waals surface area (Å²) in [6.45, 7) is 17.3. The number of Topliss-reactive ketones (excluding diaryl/α,β-unsaturated/α-hetero) is 1. The minimum absolute atomic E-state index is 0.0234. The number of rotatable bonds is 10. The lowest BCUT2D eigenvalue weighted by Crippen LogP contribution is -2.61. The molecular weight excluding hydrogens is 476 g/mol. The van der Waals surface area contributed by atoms with Crippen molar-refractivity contribution in [2.75, 3.05) is 14.1 Å². The number of ketones is 1. The van der Waals surface area contributed by atoms with E-state index in [1.54, 1.807) is 25.9 Å². The van der Waals surface area contributed by atoms with Crippen molar-refractivity contribution in [3.63, 3.8) is 0 Å². The number of nitrogens with zero attached hydrogens (tertiary/aromatic N) is 2. The van der Waals surface area contributed by atoms with Gasteiger partial charge in [0.1, 0.15) is 6.04 Å². The highest BCUT2D eigenvalue weighted by molar-refractivity contribution is 5.94. The zero-order chi connectivity index (χ0) is 29.2. The zero-order valence-electron chi connectivity index (χ0n) is 25.4. The van der Waals surface area contributed by atoms with E-state index in [-0.39, 0.29) is 29.6 Å². The molecule has 2 N–H and O–H groups in total. The van der Waals surface area contributed by atoms with Crippen molar-refractivity contribution in [2.45, 2.75) is 85.9 Å². The fourth-order valence-corrected chi connectivity index (χ4v) is 5.18. The van der Waals surface area contributed by atoms with Crippen molar-refractivity contribution in [2.24, 2.45) is 18.4 Å². The molecule has 0 bridgehead atoms. The van der Waals surface area contributed by atoms with E-state index in [0.29, 0.717) is 5.57 Å². The van der Waals surface area contributed by atoms with E-state index in [1.807, 2.05) is 59.9 Å². The number of para-hydroxylation sites is 1. The minimum atomic E-state index is -0.758. The first kappa shape index (κ1) is 31.3. The van der Waals surface area contributed by atoms with Crippen molar-refractivity contribution in [1.29, 1.82) is 0 Å². The second-order valence-electron chi connectivity index (χ2n) is 12.5. The van der Waals surface area contributed by atoms with Gasteiger partial charge in [0.25, 0.3) is 0 Å². The normalized spacial score (nSPS) is 15.3. The topological polar surface area (TPSA) is 83.4 Å².